The van der Waals surface area contributed by atoms with Crippen molar-refractivity contribution in [2.75, 3.05) is 22.4 Å². The first kappa shape index (κ1) is 22.2. The molecule has 0 saturated carbocycles. The van der Waals surface area contributed by atoms with E-state index in [2.05, 4.69) is 5.32 Å². The molecule has 4 rings (SSSR count). The van der Waals surface area contributed by atoms with Crippen LogP contribution < -0.4 is 15.4 Å². The lowest BCUT2D eigenvalue weighted by atomic mass is 9.90. The predicted octanol–water partition coefficient (Wildman–Crippen LogP) is 2.79. The number of carbonyl (C=O) groups is 2. The average molecular weight is 463 g/mol. The van der Waals surface area contributed by atoms with Gasteiger partial charge in [-0.15, -0.1) is 0 Å². The normalized spacial score (nSPS) is 15.6. The van der Waals surface area contributed by atoms with Crippen molar-refractivity contribution in [3.8, 4) is 0 Å². The van der Waals surface area contributed by atoms with Crippen LogP contribution in [0.2, 0.25) is 0 Å². The van der Waals surface area contributed by atoms with Gasteiger partial charge < -0.3 is 11.1 Å². The quantitative estimate of drug-likeness (QED) is 0.524. The molecule has 0 aliphatic carbocycles. The molecule has 3 N–H and O–H groups in total. The molecule has 168 valence electrons. The number of hydrogen-bond acceptors (Lipinski definition) is 5. The number of anilines is 2. The van der Waals surface area contributed by atoms with Crippen molar-refractivity contribution < 1.29 is 18.0 Å². The number of nitrogens with zero attached hydrogens (tertiary/aromatic N) is 2. The minimum atomic E-state index is -3.75. The SMILES string of the molecule is CS(=O)(=O)N(CC(N)=O)c1cccc(N=C(c2ccccc2)C2C(=O)Nc3ccccc32)c1. The molecule has 0 bridgehead atoms. The van der Waals surface area contributed by atoms with Crippen LogP contribution in [0.4, 0.5) is 17.1 Å². The smallest absolute Gasteiger partial charge is 0.238 e. The van der Waals surface area contributed by atoms with E-state index in [1.165, 1.54) is 0 Å². The van der Waals surface area contributed by atoms with Crippen molar-refractivity contribution in [1.29, 1.82) is 0 Å². The summed E-state index contributed by atoms with van der Waals surface area (Å²) in [5, 5.41) is 2.90. The summed E-state index contributed by atoms with van der Waals surface area (Å²) in [5.41, 5.74) is 8.76. The third-order valence-electron chi connectivity index (χ3n) is 5.20. The Balaban J connectivity index is 1.84. The van der Waals surface area contributed by atoms with Gasteiger partial charge in [0.2, 0.25) is 21.8 Å². The number of carbonyl (C=O) groups excluding carboxylic acids is 2. The van der Waals surface area contributed by atoms with E-state index in [1.54, 1.807) is 24.3 Å². The Bertz CT molecular complexity index is 1350. The van der Waals surface area contributed by atoms with Gasteiger partial charge in [0.05, 0.1) is 23.3 Å². The molecule has 3 aromatic carbocycles. The zero-order valence-corrected chi connectivity index (χ0v) is 18.6. The summed E-state index contributed by atoms with van der Waals surface area (Å²) in [6, 6.07) is 23.2. The van der Waals surface area contributed by atoms with E-state index in [9.17, 15) is 18.0 Å². The van der Waals surface area contributed by atoms with Crippen molar-refractivity contribution in [2.45, 2.75) is 5.92 Å². The summed E-state index contributed by atoms with van der Waals surface area (Å²) in [7, 11) is -3.75. The molecule has 0 saturated heterocycles. The third kappa shape index (κ3) is 4.78. The Morgan fingerprint density at radius 2 is 1.73 bits per heavy atom. The first-order chi connectivity index (χ1) is 15.7. The highest BCUT2D eigenvalue weighted by Crippen LogP contribution is 2.36. The monoisotopic (exact) mass is 462 g/mol. The van der Waals surface area contributed by atoms with Crippen LogP contribution in [0, 0.1) is 0 Å². The Hall–Kier alpha value is -3.98. The molecule has 0 radical (unpaired) electrons. The van der Waals surface area contributed by atoms with Gasteiger partial charge in [0, 0.05) is 5.69 Å². The summed E-state index contributed by atoms with van der Waals surface area (Å²) < 4.78 is 25.4. The lowest BCUT2D eigenvalue weighted by Crippen LogP contribution is -2.37. The second kappa shape index (κ2) is 8.87. The number of fused-ring (bicyclic) bond motifs is 1. The van der Waals surface area contributed by atoms with Gasteiger partial charge >= 0.3 is 0 Å². The number of benzene rings is 3. The van der Waals surface area contributed by atoms with Crippen LogP contribution >= 0.6 is 0 Å². The zero-order chi connectivity index (χ0) is 23.6. The maximum absolute atomic E-state index is 12.9. The fourth-order valence-electron chi connectivity index (χ4n) is 3.78. The van der Waals surface area contributed by atoms with E-state index in [-0.39, 0.29) is 11.6 Å². The minimum Gasteiger partial charge on any atom is -0.368 e. The minimum absolute atomic E-state index is 0.193. The molecule has 0 spiro atoms. The lowest BCUT2D eigenvalue weighted by molar-refractivity contribution is -0.117. The Morgan fingerprint density at radius 3 is 2.42 bits per heavy atom. The largest absolute Gasteiger partial charge is 0.368 e. The first-order valence-electron chi connectivity index (χ1n) is 10.1. The molecule has 1 aliphatic heterocycles. The van der Waals surface area contributed by atoms with E-state index in [0.717, 1.165) is 27.4 Å². The molecule has 8 nitrogen and oxygen atoms in total. The maximum Gasteiger partial charge on any atom is 0.238 e. The number of para-hydroxylation sites is 1. The van der Waals surface area contributed by atoms with Gasteiger partial charge in [-0.2, -0.15) is 0 Å². The van der Waals surface area contributed by atoms with Crippen LogP contribution in [-0.4, -0.2) is 38.7 Å². The van der Waals surface area contributed by atoms with Crippen molar-refractivity contribution in [3.05, 3.63) is 90.0 Å². The fraction of sp³-hybridized carbons (Fsp3) is 0.125. The Kier molecular flexibility index (Phi) is 5.97. The summed E-state index contributed by atoms with van der Waals surface area (Å²) in [4.78, 5) is 29.2. The molecule has 9 heteroatoms. The first-order valence-corrected chi connectivity index (χ1v) is 12.0. The number of primary amides is 1. The van der Waals surface area contributed by atoms with Crippen LogP contribution in [0.3, 0.4) is 0 Å². The van der Waals surface area contributed by atoms with E-state index in [4.69, 9.17) is 10.7 Å². The molecule has 2 amide bonds. The van der Waals surface area contributed by atoms with Gasteiger partial charge in [-0.3, -0.25) is 18.9 Å². The lowest BCUT2D eigenvalue weighted by Gasteiger charge is -2.21. The van der Waals surface area contributed by atoms with E-state index in [1.807, 2.05) is 54.6 Å². The number of nitrogens with two attached hydrogens (primary N) is 1. The second-order valence-corrected chi connectivity index (χ2v) is 9.54. The Labute approximate surface area is 191 Å². The van der Waals surface area contributed by atoms with Crippen molar-refractivity contribution in [3.63, 3.8) is 0 Å². The number of hydrogen-bond donors (Lipinski definition) is 2. The number of amides is 2. The van der Waals surface area contributed by atoms with Crippen LogP contribution in [0.5, 0.6) is 0 Å². The summed E-state index contributed by atoms with van der Waals surface area (Å²) in [6.07, 6.45) is 1.00. The number of sulfonamides is 1. The highest BCUT2D eigenvalue weighted by molar-refractivity contribution is 7.92. The molecule has 1 unspecified atom stereocenters. The number of nitrogens with one attached hydrogen (secondary N) is 1. The van der Waals surface area contributed by atoms with Crippen molar-refractivity contribution in [1.82, 2.24) is 0 Å². The highest BCUT2D eigenvalue weighted by atomic mass is 32.2. The fourth-order valence-corrected chi connectivity index (χ4v) is 4.64. The molecule has 3 aromatic rings. The molecule has 33 heavy (non-hydrogen) atoms. The molecule has 1 heterocycles. The van der Waals surface area contributed by atoms with Gasteiger partial charge in [0.25, 0.3) is 0 Å². The second-order valence-electron chi connectivity index (χ2n) is 7.63. The maximum atomic E-state index is 12.9. The van der Waals surface area contributed by atoms with Crippen LogP contribution in [-0.2, 0) is 19.6 Å². The average Bonchev–Trinajstić information content (AvgIpc) is 3.11. The number of aliphatic imine (C=N–C) groups is 1. The van der Waals surface area contributed by atoms with Gasteiger partial charge in [0.15, 0.2) is 0 Å². The van der Waals surface area contributed by atoms with E-state index >= 15 is 0 Å². The van der Waals surface area contributed by atoms with Crippen LogP contribution in [0.25, 0.3) is 0 Å². The van der Waals surface area contributed by atoms with Crippen LogP contribution in [0.1, 0.15) is 17.0 Å². The topological polar surface area (TPSA) is 122 Å². The standard InChI is InChI=1S/C24H22N4O4S/c1-33(31,32)28(15-21(25)29)18-11-7-10-17(14-18)26-23(16-8-3-2-4-9-16)22-19-12-5-6-13-20(19)27-24(22)30/h2-14,22H,15H2,1H3,(H2,25,29)(H,27,30). The van der Waals surface area contributed by atoms with Crippen molar-refractivity contribution in [2.24, 2.45) is 10.7 Å². The molecule has 0 aromatic heterocycles. The predicted molar refractivity (Wildman–Crippen MR) is 128 cm³/mol. The molecule has 1 aliphatic rings. The Morgan fingerprint density at radius 1 is 1.03 bits per heavy atom. The van der Waals surface area contributed by atoms with Crippen molar-refractivity contribution >= 4 is 44.6 Å². The molecular weight excluding hydrogens is 440 g/mol. The van der Waals surface area contributed by atoms with Crippen LogP contribution in [0.15, 0.2) is 83.9 Å². The summed E-state index contributed by atoms with van der Waals surface area (Å²) >= 11 is 0. The molecular formula is C24H22N4O4S. The number of rotatable bonds is 7. The van der Waals surface area contributed by atoms with E-state index in [0.29, 0.717) is 11.4 Å². The van der Waals surface area contributed by atoms with Gasteiger partial charge in [-0.1, -0.05) is 54.6 Å². The van der Waals surface area contributed by atoms with Gasteiger partial charge in [-0.05, 0) is 35.4 Å². The third-order valence-corrected chi connectivity index (χ3v) is 6.34. The summed E-state index contributed by atoms with van der Waals surface area (Å²) in [6.45, 7) is -0.490. The van der Waals surface area contributed by atoms with Gasteiger partial charge in [-0.25, -0.2) is 8.42 Å². The van der Waals surface area contributed by atoms with Gasteiger partial charge in [0.1, 0.15) is 12.5 Å². The summed E-state index contributed by atoms with van der Waals surface area (Å²) in [5.74, 6) is -1.61. The highest BCUT2D eigenvalue weighted by Gasteiger charge is 2.35. The molecule has 0 fully saturated rings. The molecule has 1 atom stereocenters. The zero-order valence-electron chi connectivity index (χ0n) is 17.8. The van der Waals surface area contributed by atoms with E-state index < -0.39 is 28.4 Å².